The van der Waals surface area contributed by atoms with Crippen molar-refractivity contribution in [3.8, 4) is 17.2 Å². The monoisotopic (exact) mass is 1950 g/mol. The molecule has 16 heterocycles. The largest absolute Gasteiger partial charge is 0.505 e. The summed E-state index contributed by atoms with van der Waals surface area (Å²) < 4.78 is 82.6. The summed E-state index contributed by atoms with van der Waals surface area (Å²) in [5.41, 5.74) is 3.06. The average Bonchev–Trinajstić information content (AvgIpc) is 1.51. The van der Waals surface area contributed by atoms with E-state index < -0.39 is 28.2 Å². The second-order valence-corrected chi connectivity index (χ2v) is 38.0. The number of ketones is 4. The zero-order valence-electron chi connectivity index (χ0n) is 78.4. The summed E-state index contributed by atoms with van der Waals surface area (Å²) in [6.45, 7) is 23.8. The lowest BCUT2D eigenvalue weighted by molar-refractivity contribution is -0.135. The highest BCUT2D eigenvalue weighted by atomic mass is 35.5. The molecule has 8 aliphatic heterocycles. The summed E-state index contributed by atoms with van der Waals surface area (Å²) in [7, 11) is 0. The number of nitrogens with zero attached hydrogens (tertiary/aromatic N) is 13. The summed E-state index contributed by atoms with van der Waals surface area (Å²) in [6.07, 6.45) is 24.7. The molecule has 0 radical (unpaired) electrons. The van der Waals surface area contributed by atoms with E-state index in [1.54, 1.807) is 73.6 Å². The molecule has 4 aromatic carbocycles. The van der Waals surface area contributed by atoms with Crippen LogP contribution in [-0.4, -0.2) is 269 Å². The molecular weight excluding hydrogens is 1840 g/mol. The number of piperidine rings is 4. The second-order valence-electron chi connectivity index (χ2n) is 37.2. The van der Waals surface area contributed by atoms with Gasteiger partial charge >= 0.3 is 0 Å². The highest BCUT2D eigenvalue weighted by Crippen LogP contribution is 2.50. The molecule has 4 N–H and O–H groups in total. The van der Waals surface area contributed by atoms with Crippen LogP contribution >= 0.6 is 23.2 Å². The molecule has 2 saturated carbocycles. The zero-order valence-corrected chi connectivity index (χ0v) is 79.9. The van der Waals surface area contributed by atoms with Crippen LogP contribution in [0.2, 0.25) is 10.2 Å². The first-order valence-corrected chi connectivity index (χ1v) is 49.4. The van der Waals surface area contributed by atoms with E-state index in [0.29, 0.717) is 98.1 Å². The second kappa shape index (κ2) is 47.3. The van der Waals surface area contributed by atoms with Crippen LogP contribution in [-0.2, 0) is 63.8 Å². The van der Waals surface area contributed by atoms with Crippen LogP contribution in [0.5, 0.6) is 17.2 Å². The van der Waals surface area contributed by atoms with Gasteiger partial charge < -0.3 is 58.8 Å². The normalized spacial score (nSPS) is 18.9. The number of benzene rings is 4. The molecule has 8 saturated heterocycles. The number of phenolic OH excluding ortho intramolecular Hbond substituents is 1. The van der Waals surface area contributed by atoms with Gasteiger partial charge in [0.25, 0.3) is 0 Å². The van der Waals surface area contributed by atoms with Crippen LogP contribution in [0.4, 0.5) is 35.0 Å². The van der Waals surface area contributed by atoms with Crippen LogP contribution in [0.15, 0.2) is 193 Å². The van der Waals surface area contributed by atoms with Crippen molar-refractivity contribution in [2.24, 2.45) is 10.8 Å². The lowest BCUT2D eigenvalue weighted by atomic mass is 9.88. The van der Waals surface area contributed by atoms with E-state index in [1.807, 2.05) is 18.3 Å². The van der Waals surface area contributed by atoms with Crippen molar-refractivity contribution in [3.63, 3.8) is 0 Å². The zero-order chi connectivity index (χ0) is 97.1. The Bertz CT molecular complexity index is 6380. The average molecular weight is 1960 g/mol. The Morgan fingerprint density at radius 1 is 0.400 bits per heavy atom. The van der Waals surface area contributed by atoms with Gasteiger partial charge in [-0.1, -0.05) is 59.6 Å². The maximum Gasteiger partial charge on any atom is 0.190 e. The number of Topliss-reactive ketones (excluding diaryl/α,β-unsaturated/α-hetero) is 4. The molecule has 140 heavy (non-hydrogen) atoms. The summed E-state index contributed by atoms with van der Waals surface area (Å²) in [6, 6.07) is 36.4. The quantitative estimate of drug-likeness (QED) is 0.0295. The van der Waals surface area contributed by atoms with E-state index in [9.17, 15) is 47.0 Å². The predicted octanol–water partition coefficient (Wildman–Crippen LogP) is 14.5. The van der Waals surface area contributed by atoms with Gasteiger partial charge in [0.1, 0.15) is 51.6 Å². The summed E-state index contributed by atoms with van der Waals surface area (Å²) >= 11 is 11.8. The fourth-order valence-corrected chi connectivity index (χ4v) is 20.2. The Morgan fingerprint density at radius 2 is 0.793 bits per heavy atom. The van der Waals surface area contributed by atoms with Crippen molar-refractivity contribution in [1.82, 2.24) is 64.8 Å². The number of rotatable bonds is 21. The third-order valence-corrected chi connectivity index (χ3v) is 29.0. The molecule has 2 aliphatic carbocycles. The minimum absolute atomic E-state index is 0.0174. The minimum Gasteiger partial charge on any atom is -0.505 e. The first-order valence-electron chi connectivity index (χ1n) is 48.7. The van der Waals surface area contributed by atoms with Crippen LogP contribution in [0, 0.1) is 34.1 Å². The van der Waals surface area contributed by atoms with Gasteiger partial charge in [-0.2, -0.15) is 0 Å². The van der Waals surface area contributed by atoms with Crippen LogP contribution in [0.25, 0.3) is 43.6 Å². The van der Waals surface area contributed by atoms with E-state index >= 15 is 4.39 Å². The fourth-order valence-electron chi connectivity index (χ4n) is 19.8. The van der Waals surface area contributed by atoms with Crippen LogP contribution in [0.1, 0.15) is 99.3 Å². The number of aromatic amines is 2. The van der Waals surface area contributed by atoms with Crippen molar-refractivity contribution in [3.05, 3.63) is 259 Å². The molecule has 10 fully saturated rings. The van der Waals surface area contributed by atoms with E-state index in [0.717, 1.165) is 222 Å². The molecule has 0 amide bonds. The van der Waals surface area contributed by atoms with Crippen LogP contribution < -0.4 is 35.6 Å². The van der Waals surface area contributed by atoms with Crippen molar-refractivity contribution >= 4 is 107 Å². The Kier molecular flexibility index (Phi) is 33.7. The lowest BCUT2D eigenvalue weighted by Gasteiger charge is -2.40. The third-order valence-electron chi connectivity index (χ3n) is 28.5. The molecule has 8 aromatic heterocycles. The fraction of sp³-hybridized carbons (Fsp3) is 0.434. The van der Waals surface area contributed by atoms with E-state index in [2.05, 4.69) is 80.6 Å². The number of fused-ring (bicyclic) bond motifs is 4. The minimum atomic E-state index is -1.09. The number of halogens is 6. The number of morpholine rings is 4. The number of aromatic nitrogens is 8. The molecule has 0 bridgehead atoms. The number of carbonyl (C=O) groups is 4. The number of phenols is 1. The van der Waals surface area contributed by atoms with Crippen molar-refractivity contribution in [1.29, 1.82) is 0 Å². The molecule has 22 rings (SSSR count). The maximum absolute atomic E-state index is 15.2. The van der Waals surface area contributed by atoms with Crippen molar-refractivity contribution < 1.29 is 65.5 Å². The van der Waals surface area contributed by atoms with Gasteiger partial charge in [-0.15, -0.1) is 0 Å². The number of aromatic hydroxyl groups is 1. The molecule has 34 heteroatoms. The maximum atomic E-state index is 15.2. The Labute approximate surface area is 819 Å². The Hall–Kier alpha value is -11.7. The van der Waals surface area contributed by atoms with Gasteiger partial charge in [-0.3, -0.25) is 58.3 Å². The number of hydrogen-bond donors (Lipinski definition) is 4. The Balaban J connectivity index is 0.000000123. The smallest absolute Gasteiger partial charge is 0.190 e. The summed E-state index contributed by atoms with van der Waals surface area (Å²) in [4.78, 5) is 124. The lowest BCUT2D eigenvalue weighted by Crippen LogP contribution is -2.49. The van der Waals surface area contributed by atoms with E-state index in [4.69, 9.17) is 51.9 Å². The topological polar surface area (TPSA) is 312 Å². The van der Waals surface area contributed by atoms with Gasteiger partial charge in [-0.25, -0.2) is 37.5 Å². The first-order chi connectivity index (χ1) is 68.1. The standard InChI is InChI=1S/C36H36F2N4O4.C19H16F2O3.C17H21ClN4O.C17H22N4O2.C9H18N2O.C8H5ClN2O/c37-26-4-1-24(2-5-26)19-33(43)36(10-11-36)34(44)20-25-3-6-28(21-30(25)38)46-32-7-12-39-31-22-35(40-23-29(31)32)42-13-8-27(9-14-42)41-15-17-45-18-16-41;20-14-4-1-12(2-5-14)10-17(23)19(7-8-19)18(24)11-13-3-6-16(22)15(21)9-13;18-15-1-4-19-16-11-17(20-12-14(15)16)22-5-2-13(3-6-22)21-7-9-23-10-8-21;22-16-1-4-18-15-11-17(19-12-14(15)16)21-5-2-13(3-6-21)20-7-9-23-10-8-20;1-3-10-4-2-9(1)11-5-7-12-8-6-11;9-8-3-6-5(4-11-8)7(12)1-2-10-6/h1-7,12,21-23,27H,8-11,13-20H2;1-6,9,22H,7-8,10-11H2;1,4,11-13H,2-3,5-10H2;1,4,11-13H,2-3,5-10H2,(H,18,22);9-10H,1-8H2;1-4H,(H,10,12). The molecule has 0 atom stereocenters. The van der Waals surface area contributed by atoms with Gasteiger partial charge in [0.15, 0.2) is 45.6 Å². The van der Waals surface area contributed by atoms with E-state index in [-0.39, 0.29) is 82.6 Å². The SMILES string of the molecule is C1CC(N2CCOCC2)CCN1.Clc1ccnc2cc(N3CCC(N4CCOCC4)CC3)ncc12.O=C(Cc1ccc(F)cc1)C1(C(=O)Cc2ccc(O)c(F)c2)CC1.O=C(Cc1ccc(F)cc1)C1(C(=O)Cc2ccc(Oc3ccnc4cc(N5CCC(N6CCOCC6)CC5)ncc34)cc2F)CC1.O=c1cc[nH]c2cc(Cl)ncc12.O=c1cc[nH]c2cc(N3CCC(N4CCOCC4)CC3)ncc12. The summed E-state index contributed by atoms with van der Waals surface area (Å²) in [5.74, 6) is 0.110. The van der Waals surface area contributed by atoms with Gasteiger partial charge in [0.05, 0.1) is 107 Å². The Morgan fingerprint density at radius 3 is 1.24 bits per heavy atom. The molecular formula is C106H118Cl2F4N16O12. The van der Waals surface area contributed by atoms with Crippen molar-refractivity contribution in [2.45, 2.75) is 127 Å². The number of hydrogen-bond acceptors (Lipinski definition) is 26. The highest BCUT2D eigenvalue weighted by Gasteiger charge is 2.56. The molecule has 0 unspecified atom stereocenters. The van der Waals surface area contributed by atoms with Crippen LogP contribution in [0.3, 0.4) is 0 Å². The van der Waals surface area contributed by atoms with Crippen molar-refractivity contribution in [2.75, 3.05) is 172 Å². The predicted molar refractivity (Wildman–Crippen MR) is 531 cm³/mol. The van der Waals surface area contributed by atoms with Gasteiger partial charge in [0, 0.05) is 233 Å². The first kappa shape index (κ1) is 99.9. The highest BCUT2D eigenvalue weighted by molar-refractivity contribution is 6.35. The molecule has 736 valence electrons. The number of ether oxygens (including phenoxy) is 5. The summed E-state index contributed by atoms with van der Waals surface area (Å²) in [5, 5.41) is 16.5. The molecule has 12 aromatic rings. The molecule has 28 nitrogen and oxygen atoms in total. The number of carbonyl (C=O) groups excluding carboxylic acids is 4. The number of nitrogens with one attached hydrogen (secondary N) is 3. The van der Waals surface area contributed by atoms with E-state index in [1.165, 1.54) is 118 Å². The number of H-pyrrole nitrogens is 2. The molecule has 0 spiro atoms. The van der Waals surface area contributed by atoms with Gasteiger partial charge in [-0.05, 0) is 173 Å². The number of anilines is 3. The number of pyridine rings is 8. The molecule has 10 aliphatic rings. The van der Waals surface area contributed by atoms with Gasteiger partial charge in [0.2, 0.25) is 0 Å². The third kappa shape index (κ3) is 25.6.